The Labute approximate surface area is 81.3 Å². The van der Waals surface area contributed by atoms with Crippen LogP contribution in [0.25, 0.3) is 0 Å². The Morgan fingerprint density at radius 1 is 0.923 bits per heavy atom. The van der Waals surface area contributed by atoms with E-state index in [1.165, 1.54) is 32.4 Å². The first-order valence-corrected chi connectivity index (χ1v) is 6.11. The van der Waals surface area contributed by atoms with Crippen LogP contribution in [-0.2, 0) is 0 Å². The van der Waals surface area contributed by atoms with Crippen molar-refractivity contribution in [2.45, 2.75) is 44.9 Å². The Kier molecular flexibility index (Phi) is 1.90. The summed E-state index contributed by atoms with van der Waals surface area (Å²) >= 11 is 0. The third kappa shape index (κ3) is 1.16. The van der Waals surface area contributed by atoms with Crippen LogP contribution in [0.4, 0.5) is 0 Å². The maximum atomic E-state index is 3.52. The first kappa shape index (κ1) is 8.28. The van der Waals surface area contributed by atoms with E-state index in [1.807, 2.05) is 0 Å². The summed E-state index contributed by atoms with van der Waals surface area (Å²) in [4.78, 5) is 0. The van der Waals surface area contributed by atoms with Crippen LogP contribution >= 0.6 is 0 Å². The quantitative estimate of drug-likeness (QED) is 0.602. The molecule has 13 heavy (non-hydrogen) atoms. The van der Waals surface area contributed by atoms with Crippen LogP contribution in [0.3, 0.4) is 0 Å². The summed E-state index contributed by atoms with van der Waals surface area (Å²) in [5.41, 5.74) is 0.812. The molecule has 0 bridgehead atoms. The lowest BCUT2D eigenvalue weighted by molar-refractivity contribution is 0.128. The SMILES string of the molecule is C1CC2CCC3(CCNCC3)C2C1. The van der Waals surface area contributed by atoms with Crippen molar-refractivity contribution in [3.05, 3.63) is 0 Å². The Balaban J connectivity index is 1.81. The standard InChI is InChI=1S/C12H21N/c1-2-10-4-5-12(11(10)3-1)6-8-13-9-7-12/h10-11,13H,1-9H2. The van der Waals surface area contributed by atoms with Crippen LogP contribution in [0.1, 0.15) is 44.9 Å². The number of hydrogen-bond acceptors (Lipinski definition) is 1. The molecular formula is C12H21N. The molecule has 0 aromatic carbocycles. The van der Waals surface area contributed by atoms with Crippen molar-refractivity contribution in [2.75, 3.05) is 13.1 Å². The van der Waals surface area contributed by atoms with Crippen molar-refractivity contribution in [3.63, 3.8) is 0 Å². The van der Waals surface area contributed by atoms with Gasteiger partial charge in [0.05, 0.1) is 0 Å². The average Bonchev–Trinajstić information content (AvgIpc) is 2.73. The minimum Gasteiger partial charge on any atom is -0.317 e. The monoisotopic (exact) mass is 179 g/mol. The fraction of sp³-hybridized carbons (Fsp3) is 1.00. The molecule has 74 valence electrons. The predicted octanol–water partition coefficient (Wildman–Crippen LogP) is 2.57. The lowest BCUT2D eigenvalue weighted by Gasteiger charge is -2.39. The van der Waals surface area contributed by atoms with E-state index in [0.29, 0.717) is 0 Å². The van der Waals surface area contributed by atoms with E-state index < -0.39 is 0 Å². The van der Waals surface area contributed by atoms with Gasteiger partial charge in [0.15, 0.2) is 0 Å². The average molecular weight is 179 g/mol. The van der Waals surface area contributed by atoms with E-state index >= 15 is 0 Å². The largest absolute Gasteiger partial charge is 0.317 e. The van der Waals surface area contributed by atoms with E-state index in [9.17, 15) is 0 Å². The van der Waals surface area contributed by atoms with Gasteiger partial charge in [0.1, 0.15) is 0 Å². The molecule has 3 rings (SSSR count). The highest BCUT2D eigenvalue weighted by atomic mass is 14.9. The molecule has 2 unspecified atom stereocenters. The lowest BCUT2D eigenvalue weighted by atomic mass is 9.70. The highest BCUT2D eigenvalue weighted by Crippen LogP contribution is 2.58. The number of rotatable bonds is 0. The van der Waals surface area contributed by atoms with Crippen molar-refractivity contribution in [3.8, 4) is 0 Å². The van der Waals surface area contributed by atoms with Crippen LogP contribution in [0.2, 0.25) is 0 Å². The fourth-order valence-corrected chi connectivity index (χ4v) is 4.39. The predicted molar refractivity (Wildman–Crippen MR) is 54.6 cm³/mol. The van der Waals surface area contributed by atoms with Crippen molar-refractivity contribution in [1.29, 1.82) is 0 Å². The molecule has 3 fully saturated rings. The molecule has 1 heteroatoms. The maximum absolute atomic E-state index is 3.52. The lowest BCUT2D eigenvalue weighted by Crippen LogP contribution is -2.39. The molecule has 1 N–H and O–H groups in total. The Morgan fingerprint density at radius 2 is 1.77 bits per heavy atom. The molecule has 0 radical (unpaired) electrons. The molecule has 2 aliphatic carbocycles. The van der Waals surface area contributed by atoms with E-state index in [-0.39, 0.29) is 0 Å². The van der Waals surface area contributed by atoms with Gasteiger partial charge in [0.25, 0.3) is 0 Å². The van der Waals surface area contributed by atoms with Crippen LogP contribution in [0.15, 0.2) is 0 Å². The Morgan fingerprint density at radius 3 is 2.62 bits per heavy atom. The molecular weight excluding hydrogens is 158 g/mol. The van der Waals surface area contributed by atoms with E-state index in [4.69, 9.17) is 0 Å². The van der Waals surface area contributed by atoms with Gasteiger partial charge in [-0.1, -0.05) is 12.8 Å². The Hall–Kier alpha value is -0.0400. The van der Waals surface area contributed by atoms with Gasteiger partial charge in [-0.15, -0.1) is 0 Å². The second-order valence-corrected chi connectivity index (χ2v) is 5.45. The Bertz CT molecular complexity index is 188. The number of piperidine rings is 1. The summed E-state index contributed by atoms with van der Waals surface area (Å²) in [7, 11) is 0. The van der Waals surface area contributed by atoms with Crippen molar-refractivity contribution in [2.24, 2.45) is 17.3 Å². The molecule has 0 aromatic rings. The summed E-state index contributed by atoms with van der Waals surface area (Å²) in [6.45, 7) is 2.59. The first-order chi connectivity index (χ1) is 6.41. The second-order valence-electron chi connectivity index (χ2n) is 5.45. The number of hydrogen-bond donors (Lipinski definition) is 1. The van der Waals surface area contributed by atoms with Crippen molar-refractivity contribution in [1.82, 2.24) is 5.32 Å². The fourth-order valence-electron chi connectivity index (χ4n) is 4.39. The molecule has 0 amide bonds. The topological polar surface area (TPSA) is 12.0 Å². The van der Waals surface area contributed by atoms with Crippen LogP contribution in [-0.4, -0.2) is 13.1 Å². The third-order valence-electron chi connectivity index (χ3n) is 5.06. The minimum absolute atomic E-state index is 0.812. The van der Waals surface area contributed by atoms with Gasteiger partial charge in [-0.3, -0.25) is 0 Å². The van der Waals surface area contributed by atoms with Gasteiger partial charge < -0.3 is 5.32 Å². The highest BCUT2D eigenvalue weighted by Gasteiger charge is 2.49. The van der Waals surface area contributed by atoms with Gasteiger partial charge in [-0.25, -0.2) is 0 Å². The molecule has 1 heterocycles. The van der Waals surface area contributed by atoms with Gasteiger partial charge in [0.2, 0.25) is 0 Å². The summed E-state index contributed by atoms with van der Waals surface area (Å²) in [6.07, 6.45) is 10.7. The highest BCUT2D eigenvalue weighted by molar-refractivity contribution is 5.00. The summed E-state index contributed by atoms with van der Waals surface area (Å²) in [5.74, 6) is 2.27. The molecule has 2 saturated carbocycles. The van der Waals surface area contributed by atoms with Gasteiger partial charge in [-0.05, 0) is 62.4 Å². The van der Waals surface area contributed by atoms with Gasteiger partial charge in [-0.2, -0.15) is 0 Å². The third-order valence-corrected chi connectivity index (χ3v) is 5.06. The van der Waals surface area contributed by atoms with Crippen LogP contribution < -0.4 is 5.32 Å². The minimum atomic E-state index is 0.812. The van der Waals surface area contributed by atoms with E-state index in [1.54, 1.807) is 25.7 Å². The molecule has 2 atom stereocenters. The molecule has 1 saturated heterocycles. The maximum Gasteiger partial charge on any atom is -0.00435 e. The smallest absolute Gasteiger partial charge is 0.00435 e. The van der Waals surface area contributed by atoms with Gasteiger partial charge >= 0.3 is 0 Å². The number of fused-ring (bicyclic) bond motifs is 2. The van der Waals surface area contributed by atoms with Gasteiger partial charge in [0, 0.05) is 0 Å². The van der Waals surface area contributed by atoms with Crippen LogP contribution in [0, 0.1) is 17.3 Å². The summed E-state index contributed by atoms with van der Waals surface area (Å²) in [6, 6.07) is 0. The zero-order chi connectivity index (χ0) is 8.73. The molecule has 1 aliphatic heterocycles. The summed E-state index contributed by atoms with van der Waals surface area (Å²) < 4.78 is 0. The zero-order valence-corrected chi connectivity index (χ0v) is 8.52. The summed E-state index contributed by atoms with van der Waals surface area (Å²) in [5, 5.41) is 3.52. The van der Waals surface area contributed by atoms with E-state index in [0.717, 1.165) is 17.3 Å². The first-order valence-electron chi connectivity index (χ1n) is 6.11. The van der Waals surface area contributed by atoms with Crippen molar-refractivity contribution < 1.29 is 0 Å². The normalized spacial score (nSPS) is 42.5. The molecule has 3 aliphatic rings. The second kappa shape index (κ2) is 2.98. The zero-order valence-electron chi connectivity index (χ0n) is 8.52. The van der Waals surface area contributed by atoms with E-state index in [2.05, 4.69) is 5.32 Å². The molecule has 1 spiro atoms. The molecule has 0 aromatic heterocycles. The van der Waals surface area contributed by atoms with Crippen molar-refractivity contribution >= 4 is 0 Å². The number of nitrogens with one attached hydrogen (secondary N) is 1. The van der Waals surface area contributed by atoms with Crippen LogP contribution in [0.5, 0.6) is 0 Å². The molecule has 1 nitrogen and oxygen atoms in total.